The van der Waals surface area contributed by atoms with E-state index in [0.29, 0.717) is 18.7 Å². The van der Waals surface area contributed by atoms with Crippen LogP contribution in [0.3, 0.4) is 0 Å². The highest BCUT2D eigenvalue weighted by molar-refractivity contribution is 5.97. The molecule has 0 unspecified atom stereocenters. The van der Waals surface area contributed by atoms with E-state index < -0.39 is 5.82 Å². The van der Waals surface area contributed by atoms with Crippen LogP contribution in [0.25, 0.3) is 0 Å². The molecule has 0 N–H and O–H groups in total. The monoisotopic (exact) mass is 304 g/mol. The molecule has 2 aliphatic heterocycles. The first-order valence-corrected chi connectivity index (χ1v) is 7.57. The van der Waals surface area contributed by atoms with E-state index in [2.05, 4.69) is 0 Å². The van der Waals surface area contributed by atoms with Crippen molar-refractivity contribution >= 4 is 11.8 Å². The molecule has 0 aromatic heterocycles. The summed E-state index contributed by atoms with van der Waals surface area (Å²) in [4.78, 5) is 28.2. The van der Waals surface area contributed by atoms with E-state index in [1.807, 2.05) is 0 Å². The number of likely N-dealkylation sites (tertiary alicyclic amines) is 1. The summed E-state index contributed by atoms with van der Waals surface area (Å²) >= 11 is 0. The van der Waals surface area contributed by atoms with Gasteiger partial charge < -0.3 is 14.5 Å². The second kappa shape index (κ2) is 4.69. The summed E-state index contributed by atoms with van der Waals surface area (Å²) in [5, 5.41) is 0. The fourth-order valence-corrected chi connectivity index (χ4v) is 3.29. The van der Waals surface area contributed by atoms with E-state index in [-0.39, 0.29) is 35.6 Å². The van der Waals surface area contributed by atoms with Crippen molar-refractivity contribution in [1.82, 2.24) is 9.80 Å². The average Bonchev–Trinajstić information content (AvgIpc) is 3.27. The van der Waals surface area contributed by atoms with Gasteiger partial charge in [0.15, 0.2) is 0 Å². The van der Waals surface area contributed by atoms with E-state index in [4.69, 9.17) is 4.74 Å². The zero-order valence-electron chi connectivity index (χ0n) is 12.3. The third-order valence-electron chi connectivity index (χ3n) is 4.75. The lowest BCUT2D eigenvalue weighted by atomic mass is 10.1. The maximum atomic E-state index is 13.4. The topological polar surface area (TPSA) is 49.9 Å². The number of hydrogen-bond acceptors (Lipinski definition) is 3. The van der Waals surface area contributed by atoms with Crippen LogP contribution in [0.2, 0.25) is 0 Å². The number of carbonyl (C=O) groups excluding carboxylic acids is 2. The molecule has 0 spiro atoms. The van der Waals surface area contributed by atoms with Crippen molar-refractivity contribution in [3.05, 3.63) is 29.6 Å². The third-order valence-corrected chi connectivity index (χ3v) is 4.75. The van der Waals surface area contributed by atoms with Crippen LogP contribution in [0, 0.1) is 11.7 Å². The standard InChI is InChI=1S/C16H17FN2O3/c1-18-12-7-19(15(20)9-2-3-9)8-14(12)22-13-6-10(17)4-5-11(13)16(18)21/h4-6,9,12,14H,2-3,7-8H2,1H3/t12-,14+/m1/s1. The highest BCUT2D eigenvalue weighted by atomic mass is 19.1. The predicted octanol–water partition coefficient (Wildman–Crippen LogP) is 1.28. The SMILES string of the molecule is CN1C(=O)c2ccc(F)cc2O[C@H]2CN(C(=O)C3CC3)C[C@H]21. The Labute approximate surface area is 127 Å². The molecule has 4 rings (SSSR count). The van der Waals surface area contributed by atoms with Crippen LogP contribution in [0.5, 0.6) is 5.75 Å². The zero-order chi connectivity index (χ0) is 15.4. The van der Waals surface area contributed by atoms with Crippen molar-refractivity contribution in [2.75, 3.05) is 20.1 Å². The van der Waals surface area contributed by atoms with Crippen LogP contribution in [-0.4, -0.2) is 53.9 Å². The van der Waals surface area contributed by atoms with Crippen LogP contribution in [0.1, 0.15) is 23.2 Å². The summed E-state index contributed by atoms with van der Waals surface area (Å²) in [5.41, 5.74) is 0.373. The fraction of sp³-hybridized carbons (Fsp3) is 0.500. The summed E-state index contributed by atoms with van der Waals surface area (Å²) in [5.74, 6) is -0.0603. The van der Waals surface area contributed by atoms with Gasteiger partial charge in [0.25, 0.3) is 5.91 Å². The summed E-state index contributed by atoms with van der Waals surface area (Å²) in [6.07, 6.45) is 1.60. The van der Waals surface area contributed by atoms with Crippen molar-refractivity contribution in [3.63, 3.8) is 0 Å². The van der Waals surface area contributed by atoms with Gasteiger partial charge in [-0.05, 0) is 25.0 Å². The molecule has 1 saturated carbocycles. The molecule has 1 saturated heterocycles. The number of amides is 2. The number of hydrogen-bond donors (Lipinski definition) is 0. The number of fused-ring (bicyclic) bond motifs is 2. The summed E-state index contributed by atoms with van der Waals surface area (Å²) in [7, 11) is 1.72. The first-order valence-electron chi connectivity index (χ1n) is 7.57. The van der Waals surface area contributed by atoms with Gasteiger partial charge in [-0.25, -0.2) is 4.39 Å². The smallest absolute Gasteiger partial charge is 0.257 e. The Bertz CT molecular complexity index is 659. The van der Waals surface area contributed by atoms with Gasteiger partial charge in [0.05, 0.1) is 18.2 Å². The highest BCUT2D eigenvalue weighted by Crippen LogP contribution is 2.35. The van der Waals surface area contributed by atoms with Crippen molar-refractivity contribution in [2.24, 2.45) is 5.92 Å². The zero-order valence-corrected chi connectivity index (χ0v) is 12.3. The highest BCUT2D eigenvalue weighted by Gasteiger charge is 2.46. The van der Waals surface area contributed by atoms with Crippen molar-refractivity contribution in [1.29, 1.82) is 0 Å². The Kier molecular flexibility index (Phi) is 2.89. The van der Waals surface area contributed by atoms with Crippen molar-refractivity contribution < 1.29 is 18.7 Å². The molecular formula is C16H17FN2O3. The molecule has 116 valence electrons. The van der Waals surface area contributed by atoms with Crippen LogP contribution in [-0.2, 0) is 4.79 Å². The molecule has 3 aliphatic rings. The number of ether oxygens (including phenoxy) is 1. The van der Waals surface area contributed by atoms with Gasteiger partial charge >= 0.3 is 0 Å². The second-order valence-electron chi connectivity index (χ2n) is 6.30. The van der Waals surface area contributed by atoms with Gasteiger partial charge in [-0.1, -0.05) is 0 Å². The lowest BCUT2D eigenvalue weighted by Gasteiger charge is -2.25. The minimum atomic E-state index is -0.434. The van der Waals surface area contributed by atoms with E-state index >= 15 is 0 Å². The quantitative estimate of drug-likeness (QED) is 0.785. The molecule has 0 radical (unpaired) electrons. The Hall–Kier alpha value is -2.11. The number of rotatable bonds is 1. The van der Waals surface area contributed by atoms with E-state index in [0.717, 1.165) is 12.8 Å². The molecule has 2 fully saturated rings. The molecule has 6 heteroatoms. The predicted molar refractivity (Wildman–Crippen MR) is 76.0 cm³/mol. The van der Waals surface area contributed by atoms with Crippen LogP contribution in [0.4, 0.5) is 4.39 Å². The minimum absolute atomic E-state index is 0.146. The Morgan fingerprint density at radius 2 is 2.09 bits per heavy atom. The Morgan fingerprint density at radius 3 is 2.82 bits per heavy atom. The number of halogens is 1. The first kappa shape index (κ1) is 13.5. The minimum Gasteiger partial charge on any atom is -0.485 e. The second-order valence-corrected chi connectivity index (χ2v) is 6.30. The first-order chi connectivity index (χ1) is 10.5. The van der Waals surface area contributed by atoms with Gasteiger partial charge in [0, 0.05) is 25.6 Å². The largest absolute Gasteiger partial charge is 0.485 e. The molecule has 2 heterocycles. The fourth-order valence-electron chi connectivity index (χ4n) is 3.29. The molecule has 1 aromatic carbocycles. The molecule has 22 heavy (non-hydrogen) atoms. The average molecular weight is 304 g/mol. The summed E-state index contributed by atoms with van der Waals surface area (Å²) < 4.78 is 19.3. The molecular weight excluding hydrogens is 287 g/mol. The third kappa shape index (κ3) is 2.05. The van der Waals surface area contributed by atoms with Gasteiger partial charge in [0.1, 0.15) is 17.7 Å². The Balaban J connectivity index is 1.64. The van der Waals surface area contributed by atoms with Gasteiger partial charge in [-0.2, -0.15) is 0 Å². The number of nitrogens with zero attached hydrogens (tertiary/aromatic N) is 2. The number of carbonyl (C=O) groups is 2. The lowest BCUT2D eigenvalue weighted by Crippen LogP contribution is -2.44. The molecule has 1 aromatic rings. The van der Waals surface area contributed by atoms with Gasteiger partial charge in [-0.15, -0.1) is 0 Å². The molecule has 2 atom stereocenters. The van der Waals surface area contributed by atoms with Crippen molar-refractivity contribution in [2.45, 2.75) is 25.0 Å². The molecule has 5 nitrogen and oxygen atoms in total. The number of likely N-dealkylation sites (N-methyl/N-ethyl adjacent to an activating group) is 1. The van der Waals surface area contributed by atoms with E-state index in [9.17, 15) is 14.0 Å². The Morgan fingerprint density at radius 1 is 1.32 bits per heavy atom. The summed E-state index contributed by atoms with van der Waals surface area (Å²) in [6.45, 7) is 0.937. The molecule has 1 aliphatic carbocycles. The van der Waals surface area contributed by atoms with Gasteiger partial charge in [0.2, 0.25) is 5.91 Å². The maximum absolute atomic E-state index is 13.4. The van der Waals surface area contributed by atoms with E-state index in [1.54, 1.807) is 16.8 Å². The lowest BCUT2D eigenvalue weighted by molar-refractivity contribution is -0.131. The molecule has 0 bridgehead atoms. The van der Waals surface area contributed by atoms with Crippen LogP contribution >= 0.6 is 0 Å². The van der Waals surface area contributed by atoms with Gasteiger partial charge in [-0.3, -0.25) is 9.59 Å². The normalized spacial score (nSPS) is 27.1. The maximum Gasteiger partial charge on any atom is 0.257 e. The van der Waals surface area contributed by atoms with E-state index in [1.165, 1.54) is 18.2 Å². The van der Waals surface area contributed by atoms with Crippen molar-refractivity contribution in [3.8, 4) is 5.75 Å². The molecule has 2 amide bonds. The number of benzene rings is 1. The summed E-state index contributed by atoms with van der Waals surface area (Å²) in [6, 6.07) is 3.77. The van der Waals surface area contributed by atoms with Crippen LogP contribution in [0.15, 0.2) is 18.2 Å². The van der Waals surface area contributed by atoms with Crippen LogP contribution < -0.4 is 4.74 Å².